The van der Waals surface area contributed by atoms with Gasteiger partial charge in [-0.15, -0.1) is 0 Å². The van der Waals surface area contributed by atoms with Crippen molar-refractivity contribution in [2.45, 2.75) is 19.4 Å². The summed E-state index contributed by atoms with van der Waals surface area (Å²) < 4.78 is 16.0. The molecule has 0 saturated carbocycles. The van der Waals surface area contributed by atoms with E-state index in [1.54, 1.807) is 13.2 Å². The predicted molar refractivity (Wildman–Crippen MR) is 76.0 cm³/mol. The van der Waals surface area contributed by atoms with Crippen LogP contribution in [0.15, 0.2) is 22.6 Å². The lowest BCUT2D eigenvalue weighted by Gasteiger charge is -2.06. The molecule has 0 aliphatic carbocycles. The molecule has 1 amide bonds. The van der Waals surface area contributed by atoms with Crippen molar-refractivity contribution < 1.29 is 18.7 Å². The summed E-state index contributed by atoms with van der Waals surface area (Å²) in [5.41, 5.74) is 1.41. The van der Waals surface area contributed by atoms with Gasteiger partial charge in [-0.1, -0.05) is 0 Å². The number of hydrogen-bond donors (Lipinski definition) is 1. The molecule has 0 bridgehead atoms. The van der Waals surface area contributed by atoms with Gasteiger partial charge in [0.2, 0.25) is 11.8 Å². The topological polar surface area (TPSA) is 73.6 Å². The van der Waals surface area contributed by atoms with Crippen LogP contribution >= 0.6 is 0 Å². The van der Waals surface area contributed by atoms with E-state index in [0.717, 1.165) is 24.3 Å². The molecule has 2 heterocycles. The Morgan fingerprint density at radius 1 is 1.52 bits per heavy atom. The Hall–Kier alpha value is -2.08. The summed E-state index contributed by atoms with van der Waals surface area (Å²) in [4.78, 5) is 16.2. The fourth-order valence-corrected chi connectivity index (χ4v) is 2.41. The molecule has 0 unspecified atom stereocenters. The minimum absolute atomic E-state index is 0.00494. The lowest BCUT2D eigenvalue weighted by atomic mass is 10.1. The van der Waals surface area contributed by atoms with E-state index in [2.05, 4.69) is 10.3 Å². The summed E-state index contributed by atoms with van der Waals surface area (Å²) in [7, 11) is 1.61. The molecule has 21 heavy (non-hydrogen) atoms. The molecule has 6 heteroatoms. The Labute approximate surface area is 122 Å². The zero-order chi connectivity index (χ0) is 14.7. The number of fused-ring (bicyclic) bond motifs is 1. The standard InChI is InChI=1S/C15H18N2O4/c1-19-11-2-3-13-12(7-11)17-15(21-13)8-16-14(18)6-10-4-5-20-9-10/h2-3,7,10H,4-6,8-9H2,1H3,(H,16,18)/t10-/m1/s1. The van der Waals surface area contributed by atoms with E-state index in [9.17, 15) is 4.79 Å². The molecule has 1 N–H and O–H groups in total. The first kappa shape index (κ1) is 13.9. The number of carbonyl (C=O) groups is 1. The molecule has 0 spiro atoms. The van der Waals surface area contributed by atoms with Crippen molar-refractivity contribution in [1.82, 2.24) is 10.3 Å². The van der Waals surface area contributed by atoms with Gasteiger partial charge < -0.3 is 19.2 Å². The van der Waals surface area contributed by atoms with Gasteiger partial charge in [-0.25, -0.2) is 4.98 Å². The van der Waals surface area contributed by atoms with Crippen molar-refractivity contribution in [3.05, 3.63) is 24.1 Å². The molecular weight excluding hydrogens is 272 g/mol. The Bertz CT molecular complexity index is 632. The quantitative estimate of drug-likeness (QED) is 0.910. The van der Waals surface area contributed by atoms with Crippen LogP contribution in [0.25, 0.3) is 11.1 Å². The third kappa shape index (κ3) is 3.33. The van der Waals surface area contributed by atoms with E-state index in [4.69, 9.17) is 13.9 Å². The number of ether oxygens (including phenoxy) is 2. The van der Waals surface area contributed by atoms with Gasteiger partial charge in [0.25, 0.3) is 0 Å². The lowest BCUT2D eigenvalue weighted by Crippen LogP contribution is -2.25. The van der Waals surface area contributed by atoms with Gasteiger partial charge in [-0.05, 0) is 24.5 Å². The third-order valence-corrected chi connectivity index (χ3v) is 3.57. The number of nitrogens with one attached hydrogen (secondary N) is 1. The molecule has 1 saturated heterocycles. The van der Waals surface area contributed by atoms with Crippen LogP contribution in [0.1, 0.15) is 18.7 Å². The molecule has 1 aromatic carbocycles. The fraction of sp³-hybridized carbons (Fsp3) is 0.467. The Balaban J connectivity index is 1.58. The maximum absolute atomic E-state index is 11.8. The molecule has 1 aliphatic heterocycles. The van der Waals surface area contributed by atoms with Gasteiger partial charge in [0.1, 0.15) is 11.3 Å². The van der Waals surface area contributed by atoms with Crippen LogP contribution in [0.4, 0.5) is 0 Å². The van der Waals surface area contributed by atoms with Crippen molar-refractivity contribution in [2.24, 2.45) is 5.92 Å². The van der Waals surface area contributed by atoms with Crippen molar-refractivity contribution in [3.63, 3.8) is 0 Å². The van der Waals surface area contributed by atoms with E-state index in [1.807, 2.05) is 12.1 Å². The molecule has 0 radical (unpaired) electrons. The van der Waals surface area contributed by atoms with Gasteiger partial charge in [0.15, 0.2) is 5.58 Å². The number of benzene rings is 1. The second-order valence-corrected chi connectivity index (χ2v) is 5.15. The van der Waals surface area contributed by atoms with Crippen LogP contribution in [0, 0.1) is 5.92 Å². The predicted octanol–water partition coefficient (Wildman–Crippen LogP) is 1.88. The van der Waals surface area contributed by atoms with Crippen LogP contribution in [0.2, 0.25) is 0 Å². The van der Waals surface area contributed by atoms with Crippen LogP contribution in [0.3, 0.4) is 0 Å². The van der Waals surface area contributed by atoms with Crippen LogP contribution in [-0.2, 0) is 16.1 Å². The van der Waals surface area contributed by atoms with E-state index in [0.29, 0.717) is 37.0 Å². The van der Waals surface area contributed by atoms with E-state index < -0.39 is 0 Å². The van der Waals surface area contributed by atoms with Gasteiger partial charge in [0.05, 0.1) is 13.7 Å². The molecule has 1 aromatic heterocycles. The summed E-state index contributed by atoms with van der Waals surface area (Å²) >= 11 is 0. The van der Waals surface area contributed by atoms with Gasteiger partial charge in [-0.3, -0.25) is 4.79 Å². The molecule has 6 nitrogen and oxygen atoms in total. The maximum Gasteiger partial charge on any atom is 0.220 e. The molecule has 3 rings (SSSR count). The number of amides is 1. The summed E-state index contributed by atoms with van der Waals surface area (Å²) in [5.74, 6) is 1.56. The zero-order valence-electron chi connectivity index (χ0n) is 11.9. The molecule has 2 aromatic rings. The van der Waals surface area contributed by atoms with E-state index in [-0.39, 0.29) is 5.91 Å². The van der Waals surface area contributed by atoms with Crippen molar-refractivity contribution in [1.29, 1.82) is 0 Å². The monoisotopic (exact) mass is 290 g/mol. The average Bonchev–Trinajstić information content (AvgIpc) is 3.12. The van der Waals surface area contributed by atoms with Crippen molar-refractivity contribution in [2.75, 3.05) is 20.3 Å². The summed E-state index contributed by atoms with van der Waals surface area (Å²) in [6, 6.07) is 5.43. The fourth-order valence-electron chi connectivity index (χ4n) is 2.41. The Morgan fingerprint density at radius 2 is 2.43 bits per heavy atom. The first-order valence-electron chi connectivity index (χ1n) is 7.02. The number of oxazole rings is 1. The molecule has 1 fully saturated rings. The normalized spacial score (nSPS) is 18.0. The lowest BCUT2D eigenvalue weighted by molar-refractivity contribution is -0.122. The second-order valence-electron chi connectivity index (χ2n) is 5.15. The highest BCUT2D eigenvalue weighted by Gasteiger charge is 2.19. The number of nitrogens with zero attached hydrogens (tertiary/aromatic N) is 1. The Kier molecular flexibility index (Phi) is 4.06. The third-order valence-electron chi connectivity index (χ3n) is 3.57. The number of carbonyl (C=O) groups excluding carboxylic acids is 1. The molecule has 1 atom stereocenters. The van der Waals surface area contributed by atoms with Gasteiger partial charge in [-0.2, -0.15) is 0 Å². The minimum Gasteiger partial charge on any atom is -0.497 e. The Morgan fingerprint density at radius 3 is 3.19 bits per heavy atom. The smallest absolute Gasteiger partial charge is 0.220 e. The number of aromatic nitrogens is 1. The van der Waals surface area contributed by atoms with E-state index in [1.165, 1.54) is 0 Å². The van der Waals surface area contributed by atoms with E-state index >= 15 is 0 Å². The SMILES string of the molecule is COc1ccc2oc(CNC(=O)C[C@H]3CCOC3)nc2c1. The largest absolute Gasteiger partial charge is 0.497 e. The first-order chi connectivity index (χ1) is 10.2. The summed E-state index contributed by atoms with van der Waals surface area (Å²) in [5, 5.41) is 2.83. The highest BCUT2D eigenvalue weighted by Crippen LogP contribution is 2.21. The maximum atomic E-state index is 11.8. The van der Waals surface area contributed by atoms with Crippen LogP contribution < -0.4 is 10.1 Å². The summed E-state index contributed by atoms with van der Waals surface area (Å²) in [6.45, 7) is 1.73. The van der Waals surface area contributed by atoms with Crippen molar-refractivity contribution in [3.8, 4) is 5.75 Å². The average molecular weight is 290 g/mol. The summed E-state index contributed by atoms with van der Waals surface area (Å²) in [6.07, 6.45) is 1.45. The van der Waals surface area contributed by atoms with Crippen LogP contribution in [0.5, 0.6) is 5.75 Å². The number of hydrogen-bond acceptors (Lipinski definition) is 5. The number of rotatable bonds is 5. The first-order valence-corrected chi connectivity index (χ1v) is 7.02. The molecule has 1 aliphatic rings. The highest BCUT2D eigenvalue weighted by molar-refractivity contribution is 5.76. The zero-order valence-corrected chi connectivity index (χ0v) is 11.9. The van der Waals surface area contributed by atoms with Gasteiger partial charge >= 0.3 is 0 Å². The highest BCUT2D eigenvalue weighted by atomic mass is 16.5. The van der Waals surface area contributed by atoms with Gasteiger partial charge in [0, 0.05) is 25.7 Å². The van der Waals surface area contributed by atoms with Crippen molar-refractivity contribution >= 4 is 17.0 Å². The second kappa shape index (κ2) is 6.13. The number of methoxy groups -OCH3 is 1. The van der Waals surface area contributed by atoms with Crippen LogP contribution in [-0.4, -0.2) is 31.2 Å². The molecule has 112 valence electrons. The minimum atomic E-state index is 0.00494. The molecular formula is C15H18N2O4.